The number of ether oxygens (including phenoxy) is 1. The SMILES string of the molecule is COC(=O)c1ccc2c(=O)n(-c3ccc(C(=O)NC4CCN(Cc5ccccc5)CC4)cc3)c(=S)[nH]c2c1. The zero-order chi connectivity index (χ0) is 26.6. The number of piperidine rings is 1. The Morgan fingerprint density at radius 3 is 2.37 bits per heavy atom. The average molecular weight is 529 g/mol. The first-order valence-electron chi connectivity index (χ1n) is 12.5. The molecule has 38 heavy (non-hydrogen) atoms. The summed E-state index contributed by atoms with van der Waals surface area (Å²) in [5, 5.41) is 3.53. The molecule has 194 valence electrons. The van der Waals surface area contributed by atoms with Crippen LogP contribution in [0.15, 0.2) is 77.6 Å². The number of esters is 1. The number of nitrogens with one attached hydrogen (secondary N) is 2. The lowest BCUT2D eigenvalue weighted by Gasteiger charge is -2.32. The molecule has 0 saturated carbocycles. The number of aromatic nitrogens is 2. The standard InChI is InChI=1S/C29H28N4O4S/c1-37-28(36)21-9-12-24-25(17-21)31-29(38)33(27(24)35)23-10-7-20(8-11-23)26(34)30-22-13-15-32(16-14-22)18-19-5-3-2-4-6-19/h2-12,17,22H,13-16,18H2,1H3,(H,30,34)(H,31,38). The highest BCUT2D eigenvalue weighted by Gasteiger charge is 2.21. The van der Waals surface area contributed by atoms with Gasteiger partial charge >= 0.3 is 5.97 Å². The minimum Gasteiger partial charge on any atom is -0.465 e. The molecule has 0 radical (unpaired) electrons. The lowest BCUT2D eigenvalue weighted by atomic mass is 10.0. The Hall–Kier alpha value is -4.08. The minimum atomic E-state index is -0.498. The number of hydrogen-bond acceptors (Lipinski definition) is 6. The van der Waals surface area contributed by atoms with Gasteiger partial charge in [-0.3, -0.25) is 19.1 Å². The number of carbonyl (C=O) groups is 2. The summed E-state index contributed by atoms with van der Waals surface area (Å²) in [4.78, 5) is 43.4. The van der Waals surface area contributed by atoms with Crippen molar-refractivity contribution in [2.45, 2.75) is 25.4 Å². The van der Waals surface area contributed by atoms with Crippen LogP contribution in [-0.2, 0) is 11.3 Å². The van der Waals surface area contributed by atoms with E-state index >= 15 is 0 Å². The second-order valence-electron chi connectivity index (χ2n) is 9.38. The van der Waals surface area contributed by atoms with Crippen LogP contribution >= 0.6 is 12.2 Å². The minimum absolute atomic E-state index is 0.126. The van der Waals surface area contributed by atoms with Crippen molar-refractivity contribution in [3.8, 4) is 5.69 Å². The van der Waals surface area contributed by atoms with Crippen LogP contribution in [0, 0.1) is 4.77 Å². The van der Waals surface area contributed by atoms with Gasteiger partial charge in [-0.2, -0.15) is 0 Å². The third-order valence-electron chi connectivity index (χ3n) is 6.88. The van der Waals surface area contributed by atoms with Crippen LogP contribution in [0.25, 0.3) is 16.6 Å². The van der Waals surface area contributed by atoms with E-state index in [0.29, 0.717) is 27.7 Å². The molecule has 1 fully saturated rings. The van der Waals surface area contributed by atoms with Gasteiger partial charge < -0.3 is 15.0 Å². The third-order valence-corrected chi connectivity index (χ3v) is 7.16. The van der Waals surface area contributed by atoms with Gasteiger partial charge in [0.15, 0.2) is 4.77 Å². The van der Waals surface area contributed by atoms with Gasteiger partial charge in [0, 0.05) is 31.2 Å². The van der Waals surface area contributed by atoms with Crippen LogP contribution in [0.1, 0.15) is 39.1 Å². The first-order valence-corrected chi connectivity index (χ1v) is 12.9. The molecule has 2 N–H and O–H groups in total. The van der Waals surface area contributed by atoms with Crippen molar-refractivity contribution in [1.82, 2.24) is 19.8 Å². The molecule has 1 aromatic heterocycles. The second-order valence-corrected chi connectivity index (χ2v) is 9.77. The fourth-order valence-electron chi connectivity index (χ4n) is 4.80. The zero-order valence-corrected chi connectivity index (χ0v) is 21.8. The molecule has 0 aliphatic carbocycles. The normalized spacial score (nSPS) is 14.3. The van der Waals surface area contributed by atoms with Gasteiger partial charge in [-0.1, -0.05) is 30.3 Å². The summed E-state index contributed by atoms with van der Waals surface area (Å²) in [7, 11) is 1.30. The van der Waals surface area contributed by atoms with E-state index in [0.717, 1.165) is 32.5 Å². The van der Waals surface area contributed by atoms with Gasteiger partial charge in [-0.25, -0.2) is 4.79 Å². The van der Waals surface area contributed by atoms with E-state index in [4.69, 9.17) is 17.0 Å². The number of aromatic amines is 1. The largest absolute Gasteiger partial charge is 0.465 e. The van der Waals surface area contributed by atoms with Crippen LogP contribution in [0.5, 0.6) is 0 Å². The molecule has 1 aliphatic heterocycles. The van der Waals surface area contributed by atoms with Gasteiger partial charge in [-0.05, 0) is 73.1 Å². The van der Waals surface area contributed by atoms with Gasteiger partial charge in [-0.15, -0.1) is 0 Å². The molecule has 0 unspecified atom stereocenters. The van der Waals surface area contributed by atoms with Crippen molar-refractivity contribution < 1.29 is 14.3 Å². The smallest absolute Gasteiger partial charge is 0.337 e. The Morgan fingerprint density at radius 2 is 1.68 bits per heavy atom. The van der Waals surface area contributed by atoms with E-state index in [-0.39, 0.29) is 22.3 Å². The number of nitrogens with zero attached hydrogens (tertiary/aromatic N) is 2. The highest BCUT2D eigenvalue weighted by Crippen LogP contribution is 2.17. The molecule has 0 atom stereocenters. The van der Waals surface area contributed by atoms with Crippen LogP contribution in [-0.4, -0.2) is 52.6 Å². The number of carbonyl (C=O) groups excluding carboxylic acids is 2. The number of benzene rings is 3. The number of amides is 1. The Balaban J connectivity index is 1.26. The molecule has 8 nitrogen and oxygen atoms in total. The van der Waals surface area contributed by atoms with Gasteiger partial charge in [0.2, 0.25) is 0 Å². The lowest BCUT2D eigenvalue weighted by molar-refractivity contribution is 0.0600. The quantitative estimate of drug-likeness (QED) is 0.287. The average Bonchev–Trinajstić information content (AvgIpc) is 2.94. The fourth-order valence-corrected chi connectivity index (χ4v) is 5.10. The molecular weight excluding hydrogens is 500 g/mol. The van der Waals surface area contributed by atoms with Gasteiger partial charge in [0.05, 0.1) is 29.3 Å². The van der Waals surface area contributed by atoms with Crippen molar-refractivity contribution in [2.75, 3.05) is 20.2 Å². The van der Waals surface area contributed by atoms with Gasteiger partial charge in [0.25, 0.3) is 11.5 Å². The highest BCUT2D eigenvalue weighted by molar-refractivity contribution is 7.71. The molecule has 4 aromatic rings. The Morgan fingerprint density at radius 1 is 1.00 bits per heavy atom. The maximum absolute atomic E-state index is 13.2. The summed E-state index contributed by atoms with van der Waals surface area (Å²) in [6.07, 6.45) is 1.80. The number of H-pyrrole nitrogens is 1. The first-order chi connectivity index (χ1) is 18.4. The molecule has 9 heteroatoms. The summed E-state index contributed by atoms with van der Waals surface area (Å²) in [6, 6.07) is 22.0. The van der Waals surface area contributed by atoms with E-state index in [9.17, 15) is 14.4 Å². The second kappa shape index (κ2) is 11.1. The van der Waals surface area contributed by atoms with Crippen LogP contribution < -0.4 is 10.9 Å². The monoisotopic (exact) mass is 528 g/mol. The topological polar surface area (TPSA) is 96.4 Å². The Bertz CT molecular complexity index is 1590. The molecule has 3 aromatic carbocycles. The third kappa shape index (κ3) is 5.44. The summed E-state index contributed by atoms with van der Waals surface area (Å²) in [5.41, 5.74) is 2.81. The predicted octanol–water partition coefficient (Wildman–Crippen LogP) is 4.23. The predicted molar refractivity (Wildman–Crippen MR) is 148 cm³/mol. The molecule has 5 rings (SSSR count). The van der Waals surface area contributed by atoms with Crippen molar-refractivity contribution in [3.63, 3.8) is 0 Å². The van der Waals surface area contributed by atoms with Crippen LogP contribution in [0.2, 0.25) is 0 Å². The van der Waals surface area contributed by atoms with Crippen molar-refractivity contribution in [2.24, 2.45) is 0 Å². The summed E-state index contributed by atoms with van der Waals surface area (Å²) in [6.45, 7) is 2.79. The van der Waals surface area contributed by atoms with E-state index < -0.39 is 5.97 Å². The van der Waals surface area contributed by atoms with E-state index in [1.165, 1.54) is 23.3 Å². The number of fused-ring (bicyclic) bond motifs is 1. The first kappa shape index (κ1) is 25.6. The van der Waals surface area contributed by atoms with Crippen molar-refractivity contribution >= 4 is 35.0 Å². The Labute approximate surface area is 224 Å². The number of methoxy groups -OCH3 is 1. The van der Waals surface area contributed by atoms with E-state index in [1.54, 1.807) is 36.4 Å². The Kier molecular flexibility index (Phi) is 7.48. The molecule has 0 spiro atoms. The van der Waals surface area contributed by atoms with Gasteiger partial charge in [0.1, 0.15) is 0 Å². The molecule has 1 saturated heterocycles. The molecule has 1 amide bonds. The van der Waals surface area contributed by atoms with E-state index in [2.05, 4.69) is 39.5 Å². The fraction of sp³-hybridized carbons (Fsp3) is 0.241. The molecule has 0 bridgehead atoms. The van der Waals surface area contributed by atoms with Crippen molar-refractivity contribution in [1.29, 1.82) is 0 Å². The van der Waals surface area contributed by atoms with Crippen LogP contribution in [0.4, 0.5) is 0 Å². The van der Waals surface area contributed by atoms with Crippen LogP contribution in [0.3, 0.4) is 0 Å². The number of hydrogen-bond donors (Lipinski definition) is 2. The maximum atomic E-state index is 13.2. The number of rotatable bonds is 6. The summed E-state index contributed by atoms with van der Waals surface area (Å²) in [5.74, 6) is -0.633. The zero-order valence-electron chi connectivity index (χ0n) is 21.0. The van der Waals surface area contributed by atoms with E-state index in [1.807, 2.05) is 6.07 Å². The lowest BCUT2D eigenvalue weighted by Crippen LogP contribution is -2.44. The number of likely N-dealkylation sites (tertiary alicyclic amines) is 1. The summed E-state index contributed by atoms with van der Waals surface area (Å²) >= 11 is 5.44. The maximum Gasteiger partial charge on any atom is 0.337 e. The highest BCUT2D eigenvalue weighted by atomic mass is 32.1. The molecule has 1 aliphatic rings. The molecule has 2 heterocycles. The molecular formula is C29H28N4O4S. The summed E-state index contributed by atoms with van der Waals surface area (Å²) < 4.78 is 6.31. The van der Waals surface area contributed by atoms with Crippen molar-refractivity contribution in [3.05, 3.63) is 105 Å².